The maximum Gasteiger partial charge on any atom is 0.0948 e. The lowest BCUT2D eigenvalue weighted by atomic mass is 10.1. The molecule has 2 N–H and O–H groups in total. The van der Waals surface area contributed by atoms with E-state index in [1.54, 1.807) is 0 Å². The first-order chi connectivity index (χ1) is 7.86. The fraction of sp³-hybridized carbons (Fsp3) is 0.538. The van der Waals surface area contributed by atoms with Gasteiger partial charge in [0.25, 0.3) is 0 Å². The minimum absolute atomic E-state index is 0.121. The minimum Gasteiger partial charge on any atom is -0.389 e. The van der Waals surface area contributed by atoms with Crippen LogP contribution >= 0.6 is 0 Å². The summed E-state index contributed by atoms with van der Waals surface area (Å²) < 4.78 is 5.17. The summed E-state index contributed by atoms with van der Waals surface area (Å²) in [6, 6.07) is 10.6. The van der Waals surface area contributed by atoms with Gasteiger partial charge in [-0.3, -0.25) is 0 Å². The predicted molar refractivity (Wildman–Crippen MR) is 63.4 cm³/mol. The van der Waals surface area contributed by atoms with E-state index in [9.17, 15) is 5.11 Å². The lowest BCUT2D eigenvalue weighted by Gasteiger charge is -2.14. The molecule has 0 amide bonds. The Morgan fingerprint density at radius 1 is 1.25 bits per heavy atom. The van der Waals surface area contributed by atoms with Crippen LogP contribution in [-0.4, -0.2) is 37.0 Å². The third-order valence-corrected chi connectivity index (χ3v) is 2.94. The van der Waals surface area contributed by atoms with E-state index >= 15 is 0 Å². The maximum atomic E-state index is 9.52. The molecule has 0 bridgehead atoms. The molecule has 88 valence electrons. The molecule has 0 spiro atoms. The molecule has 1 heterocycles. The topological polar surface area (TPSA) is 41.5 Å². The van der Waals surface area contributed by atoms with Gasteiger partial charge in [-0.15, -0.1) is 0 Å². The number of rotatable bonds is 5. The third-order valence-electron chi connectivity index (χ3n) is 2.94. The number of hydrogen-bond acceptors (Lipinski definition) is 3. The largest absolute Gasteiger partial charge is 0.389 e. The highest BCUT2D eigenvalue weighted by Gasteiger charge is 2.24. The Balaban J connectivity index is 1.62. The van der Waals surface area contributed by atoms with Crippen LogP contribution in [0.4, 0.5) is 0 Å². The molecule has 2 rings (SSSR count). The number of aliphatic hydroxyl groups excluding tert-OH is 1. The van der Waals surface area contributed by atoms with Crippen molar-refractivity contribution in [3.05, 3.63) is 35.9 Å². The standard InChI is InChI=1S/C13H19NO2/c15-13-10-16-9-12(13)14-8-4-7-11-5-2-1-3-6-11/h1-3,5-6,12-15H,4,7-10H2. The van der Waals surface area contributed by atoms with Crippen molar-refractivity contribution in [2.75, 3.05) is 19.8 Å². The molecule has 16 heavy (non-hydrogen) atoms. The average molecular weight is 221 g/mol. The van der Waals surface area contributed by atoms with Crippen molar-refractivity contribution in [3.63, 3.8) is 0 Å². The molecular formula is C13H19NO2. The van der Waals surface area contributed by atoms with E-state index in [-0.39, 0.29) is 12.1 Å². The van der Waals surface area contributed by atoms with Gasteiger partial charge >= 0.3 is 0 Å². The molecule has 0 saturated carbocycles. The zero-order valence-electron chi connectivity index (χ0n) is 9.43. The van der Waals surface area contributed by atoms with Crippen molar-refractivity contribution < 1.29 is 9.84 Å². The third kappa shape index (κ3) is 3.30. The van der Waals surface area contributed by atoms with Crippen molar-refractivity contribution >= 4 is 0 Å². The first kappa shape index (κ1) is 11.6. The Labute approximate surface area is 96.4 Å². The minimum atomic E-state index is -0.336. The Kier molecular flexibility index (Phi) is 4.34. The summed E-state index contributed by atoms with van der Waals surface area (Å²) in [5.41, 5.74) is 1.37. The lowest BCUT2D eigenvalue weighted by molar-refractivity contribution is 0.122. The van der Waals surface area contributed by atoms with Gasteiger partial charge in [-0.25, -0.2) is 0 Å². The Morgan fingerprint density at radius 3 is 2.75 bits per heavy atom. The summed E-state index contributed by atoms with van der Waals surface area (Å²) in [6.07, 6.45) is 1.84. The Bertz CT molecular complexity index is 302. The molecule has 3 nitrogen and oxygen atoms in total. The van der Waals surface area contributed by atoms with Crippen molar-refractivity contribution in [1.29, 1.82) is 0 Å². The molecule has 1 aromatic rings. The molecular weight excluding hydrogens is 202 g/mol. The van der Waals surface area contributed by atoms with Gasteiger partial charge in [-0.1, -0.05) is 30.3 Å². The molecule has 1 aliphatic heterocycles. The van der Waals surface area contributed by atoms with Crippen LogP contribution in [-0.2, 0) is 11.2 Å². The smallest absolute Gasteiger partial charge is 0.0948 e. The van der Waals surface area contributed by atoms with Gasteiger partial charge in [0, 0.05) is 0 Å². The summed E-state index contributed by atoms with van der Waals surface area (Å²) in [6.45, 7) is 2.03. The fourth-order valence-corrected chi connectivity index (χ4v) is 1.96. The average Bonchev–Trinajstić information content (AvgIpc) is 2.72. The van der Waals surface area contributed by atoms with Crippen LogP contribution in [0.2, 0.25) is 0 Å². The van der Waals surface area contributed by atoms with E-state index in [0.29, 0.717) is 13.2 Å². The fourth-order valence-electron chi connectivity index (χ4n) is 1.96. The number of hydrogen-bond donors (Lipinski definition) is 2. The van der Waals surface area contributed by atoms with E-state index in [1.165, 1.54) is 5.56 Å². The Hall–Kier alpha value is -0.900. The van der Waals surface area contributed by atoms with Crippen LogP contribution in [0.5, 0.6) is 0 Å². The van der Waals surface area contributed by atoms with Crippen LogP contribution in [0.1, 0.15) is 12.0 Å². The van der Waals surface area contributed by atoms with Gasteiger partial charge in [0.1, 0.15) is 0 Å². The first-order valence-electron chi connectivity index (χ1n) is 5.89. The molecule has 0 aliphatic carbocycles. The molecule has 1 aliphatic rings. The molecule has 2 unspecified atom stereocenters. The second-order valence-corrected chi connectivity index (χ2v) is 4.25. The van der Waals surface area contributed by atoms with Crippen molar-refractivity contribution in [1.82, 2.24) is 5.32 Å². The van der Waals surface area contributed by atoms with Gasteiger partial charge in [0.05, 0.1) is 25.4 Å². The van der Waals surface area contributed by atoms with E-state index in [4.69, 9.17) is 4.74 Å². The molecule has 0 radical (unpaired) electrons. The Morgan fingerprint density at radius 2 is 2.06 bits per heavy atom. The van der Waals surface area contributed by atoms with E-state index in [2.05, 4.69) is 29.6 Å². The van der Waals surface area contributed by atoms with Crippen LogP contribution in [0.25, 0.3) is 0 Å². The number of benzene rings is 1. The van der Waals surface area contributed by atoms with Gasteiger partial charge in [0.2, 0.25) is 0 Å². The molecule has 1 saturated heterocycles. The summed E-state index contributed by atoms with van der Waals surface area (Å²) in [5, 5.41) is 12.8. The quantitative estimate of drug-likeness (QED) is 0.728. The van der Waals surface area contributed by atoms with E-state index in [0.717, 1.165) is 19.4 Å². The summed E-state index contributed by atoms with van der Waals surface area (Å²) in [4.78, 5) is 0. The second kappa shape index (κ2) is 5.99. The van der Waals surface area contributed by atoms with Gasteiger partial charge < -0.3 is 15.2 Å². The van der Waals surface area contributed by atoms with E-state index in [1.807, 2.05) is 6.07 Å². The summed E-state index contributed by atoms with van der Waals surface area (Å²) >= 11 is 0. The summed E-state index contributed by atoms with van der Waals surface area (Å²) in [5.74, 6) is 0. The number of nitrogens with one attached hydrogen (secondary N) is 1. The highest BCUT2D eigenvalue weighted by Crippen LogP contribution is 2.06. The predicted octanol–water partition coefficient (Wildman–Crippen LogP) is 0.968. The highest BCUT2D eigenvalue weighted by molar-refractivity contribution is 5.14. The zero-order chi connectivity index (χ0) is 11.2. The zero-order valence-corrected chi connectivity index (χ0v) is 9.43. The molecule has 0 aromatic heterocycles. The molecule has 3 heteroatoms. The SMILES string of the molecule is OC1COCC1NCCCc1ccccc1. The maximum absolute atomic E-state index is 9.52. The number of aryl methyl sites for hydroxylation is 1. The van der Waals surface area contributed by atoms with Gasteiger partial charge in [0.15, 0.2) is 0 Å². The lowest BCUT2D eigenvalue weighted by Crippen LogP contribution is -2.39. The second-order valence-electron chi connectivity index (χ2n) is 4.25. The summed E-state index contributed by atoms with van der Waals surface area (Å²) in [7, 11) is 0. The van der Waals surface area contributed by atoms with Gasteiger partial charge in [-0.05, 0) is 24.9 Å². The normalized spacial score (nSPS) is 24.8. The van der Waals surface area contributed by atoms with Crippen molar-refractivity contribution in [3.8, 4) is 0 Å². The molecule has 2 atom stereocenters. The van der Waals surface area contributed by atoms with E-state index < -0.39 is 0 Å². The number of aliphatic hydroxyl groups is 1. The van der Waals surface area contributed by atoms with Crippen LogP contribution in [0.3, 0.4) is 0 Å². The van der Waals surface area contributed by atoms with Crippen molar-refractivity contribution in [2.24, 2.45) is 0 Å². The number of ether oxygens (including phenoxy) is 1. The first-order valence-corrected chi connectivity index (χ1v) is 5.89. The molecule has 1 fully saturated rings. The molecule has 1 aromatic carbocycles. The highest BCUT2D eigenvalue weighted by atomic mass is 16.5. The van der Waals surface area contributed by atoms with Crippen LogP contribution in [0, 0.1) is 0 Å². The van der Waals surface area contributed by atoms with Crippen molar-refractivity contribution in [2.45, 2.75) is 25.0 Å². The monoisotopic (exact) mass is 221 g/mol. The van der Waals surface area contributed by atoms with Crippen LogP contribution < -0.4 is 5.32 Å². The van der Waals surface area contributed by atoms with Gasteiger partial charge in [-0.2, -0.15) is 0 Å². The van der Waals surface area contributed by atoms with Crippen LogP contribution in [0.15, 0.2) is 30.3 Å².